The van der Waals surface area contributed by atoms with Gasteiger partial charge in [0, 0.05) is 6.04 Å². The fraction of sp³-hybridized carbons (Fsp3) is 0.750. The van der Waals surface area contributed by atoms with E-state index in [2.05, 4.69) is 13.5 Å². The molecule has 2 atom stereocenters. The topological polar surface area (TPSA) is 26.3 Å². The van der Waals surface area contributed by atoms with Crippen molar-refractivity contribution in [3.05, 3.63) is 17.4 Å². The van der Waals surface area contributed by atoms with Gasteiger partial charge in [-0.2, -0.15) is 0 Å². The van der Waals surface area contributed by atoms with E-state index >= 15 is 0 Å². The molecule has 1 fully saturated rings. The predicted molar refractivity (Wildman–Crippen MR) is 42.5 cm³/mol. The monoisotopic (exact) mass is 140 g/mol. The van der Waals surface area contributed by atoms with Crippen LogP contribution in [-0.2, 0) is 0 Å². The molecule has 1 saturated heterocycles. The van der Waals surface area contributed by atoms with Gasteiger partial charge in [0.15, 0.2) is 0 Å². The lowest BCUT2D eigenvalue weighted by atomic mass is 9.90. The first-order valence-electron chi connectivity index (χ1n) is 3.75. The Morgan fingerprint density at radius 3 is 2.70 bits per heavy atom. The van der Waals surface area contributed by atoms with E-state index in [0.29, 0.717) is 12.5 Å². The molecule has 0 aromatic carbocycles. The second kappa shape index (κ2) is 2.72. The summed E-state index contributed by atoms with van der Waals surface area (Å²) >= 11 is 0. The van der Waals surface area contributed by atoms with Crippen LogP contribution in [0.25, 0.3) is 0 Å². The number of rotatable bonds is 0. The van der Waals surface area contributed by atoms with E-state index in [9.17, 15) is 5.21 Å². The molecule has 0 spiro atoms. The van der Waals surface area contributed by atoms with Crippen molar-refractivity contribution in [2.75, 3.05) is 6.54 Å². The number of hydrogen-bond donors (Lipinski definition) is 0. The summed E-state index contributed by atoms with van der Waals surface area (Å²) in [6.07, 6.45) is 0.965. The molecule has 58 valence electrons. The third-order valence-corrected chi connectivity index (χ3v) is 2.38. The maximum Gasteiger partial charge on any atom is 0.0161 e. The Morgan fingerprint density at radius 2 is 2.20 bits per heavy atom. The zero-order valence-electron chi connectivity index (χ0n) is 6.63. The van der Waals surface area contributed by atoms with Crippen LogP contribution in [0.15, 0.2) is 12.2 Å². The Kier molecular flexibility index (Phi) is 2.11. The molecule has 0 aromatic heterocycles. The maximum atomic E-state index is 11.0. The zero-order valence-corrected chi connectivity index (χ0v) is 6.63. The van der Waals surface area contributed by atoms with Crippen molar-refractivity contribution in [2.45, 2.75) is 26.3 Å². The third kappa shape index (κ3) is 1.22. The first-order valence-corrected chi connectivity index (χ1v) is 3.75. The fourth-order valence-corrected chi connectivity index (χ4v) is 1.30. The van der Waals surface area contributed by atoms with Crippen molar-refractivity contribution < 1.29 is 0 Å². The SMILES string of the molecule is C=C1C(C)CCN([O-])C1C. The van der Waals surface area contributed by atoms with Gasteiger partial charge < -0.3 is 10.3 Å². The van der Waals surface area contributed by atoms with E-state index in [4.69, 9.17) is 0 Å². The van der Waals surface area contributed by atoms with Crippen LogP contribution in [0, 0.1) is 11.1 Å². The lowest BCUT2D eigenvalue weighted by Crippen LogP contribution is -2.37. The van der Waals surface area contributed by atoms with Gasteiger partial charge in [0.05, 0.1) is 0 Å². The lowest BCUT2D eigenvalue weighted by Gasteiger charge is -2.43. The molecule has 0 saturated carbocycles. The van der Waals surface area contributed by atoms with Crippen LogP contribution in [0.4, 0.5) is 0 Å². The van der Waals surface area contributed by atoms with Crippen molar-refractivity contribution in [2.24, 2.45) is 5.92 Å². The van der Waals surface area contributed by atoms with Crippen LogP contribution >= 0.6 is 0 Å². The van der Waals surface area contributed by atoms with Crippen molar-refractivity contribution >= 4 is 0 Å². The molecule has 0 radical (unpaired) electrons. The van der Waals surface area contributed by atoms with Crippen LogP contribution in [0.5, 0.6) is 0 Å². The Bertz CT molecular complexity index is 144. The fourth-order valence-electron chi connectivity index (χ4n) is 1.30. The molecule has 0 bridgehead atoms. The molecule has 0 N–H and O–H groups in total. The molecule has 2 heteroatoms. The van der Waals surface area contributed by atoms with Gasteiger partial charge in [-0.05, 0) is 25.8 Å². The van der Waals surface area contributed by atoms with Crippen molar-refractivity contribution in [1.82, 2.24) is 5.06 Å². The van der Waals surface area contributed by atoms with Crippen LogP contribution < -0.4 is 0 Å². The lowest BCUT2D eigenvalue weighted by molar-refractivity contribution is 0.252. The van der Waals surface area contributed by atoms with E-state index in [-0.39, 0.29) is 6.04 Å². The largest absolute Gasteiger partial charge is 0.785 e. The number of hydrogen-bond acceptors (Lipinski definition) is 2. The normalized spacial score (nSPS) is 36.5. The number of piperidine rings is 1. The van der Waals surface area contributed by atoms with Gasteiger partial charge in [0.1, 0.15) is 0 Å². The summed E-state index contributed by atoms with van der Waals surface area (Å²) in [7, 11) is 0. The molecule has 2 nitrogen and oxygen atoms in total. The van der Waals surface area contributed by atoms with E-state index < -0.39 is 0 Å². The second-order valence-corrected chi connectivity index (χ2v) is 3.08. The highest BCUT2D eigenvalue weighted by Gasteiger charge is 2.19. The summed E-state index contributed by atoms with van der Waals surface area (Å²) in [4.78, 5) is 0. The Balaban J connectivity index is 2.60. The summed E-state index contributed by atoms with van der Waals surface area (Å²) in [5.41, 5.74) is 1.08. The van der Waals surface area contributed by atoms with Crippen molar-refractivity contribution in [3.63, 3.8) is 0 Å². The van der Waals surface area contributed by atoms with Crippen LogP contribution in [0.2, 0.25) is 0 Å². The summed E-state index contributed by atoms with van der Waals surface area (Å²) in [6.45, 7) is 8.61. The summed E-state index contributed by atoms with van der Waals surface area (Å²) < 4.78 is 0. The molecule has 0 amide bonds. The summed E-state index contributed by atoms with van der Waals surface area (Å²) in [6, 6.07) is 0.0312. The molecule has 1 rings (SSSR count). The predicted octanol–water partition coefficient (Wildman–Crippen LogP) is 1.77. The van der Waals surface area contributed by atoms with Gasteiger partial charge in [-0.3, -0.25) is 0 Å². The summed E-state index contributed by atoms with van der Waals surface area (Å²) in [5, 5.41) is 12.1. The number of nitrogens with zero attached hydrogens (tertiary/aromatic N) is 1. The van der Waals surface area contributed by atoms with Gasteiger partial charge in [0.2, 0.25) is 0 Å². The molecule has 0 aromatic rings. The minimum atomic E-state index is 0.0312. The molecule has 2 unspecified atom stereocenters. The molecule has 0 aliphatic carbocycles. The standard InChI is InChI=1S/C8H14NO/c1-6-4-5-9(10)8(3)7(6)2/h6,8H,2,4-5H2,1,3H3/q-1. The van der Waals surface area contributed by atoms with E-state index in [1.165, 1.54) is 0 Å². The average molecular weight is 140 g/mol. The molecule has 1 aliphatic rings. The van der Waals surface area contributed by atoms with E-state index in [1.54, 1.807) is 0 Å². The highest BCUT2D eigenvalue weighted by Crippen LogP contribution is 2.25. The van der Waals surface area contributed by atoms with Gasteiger partial charge in [-0.25, -0.2) is 0 Å². The quantitative estimate of drug-likeness (QED) is 0.479. The molecule has 1 heterocycles. The Morgan fingerprint density at radius 1 is 1.60 bits per heavy atom. The minimum Gasteiger partial charge on any atom is -0.785 e. The van der Waals surface area contributed by atoms with E-state index in [0.717, 1.165) is 17.1 Å². The Labute approximate surface area is 62.1 Å². The molecular formula is C8H14NO-. The molecular weight excluding hydrogens is 126 g/mol. The smallest absolute Gasteiger partial charge is 0.0161 e. The number of hydroxylamine groups is 2. The van der Waals surface area contributed by atoms with Gasteiger partial charge in [-0.1, -0.05) is 19.1 Å². The second-order valence-electron chi connectivity index (χ2n) is 3.08. The van der Waals surface area contributed by atoms with Gasteiger partial charge >= 0.3 is 0 Å². The van der Waals surface area contributed by atoms with Crippen LogP contribution in [-0.4, -0.2) is 17.6 Å². The third-order valence-electron chi connectivity index (χ3n) is 2.38. The van der Waals surface area contributed by atoms with Crippen molar-refractivity contribution in [3.8, 4) is 0 Å². The average Bonchev–Trinajstić information content (AvgIpc) is 1.93. The zero-order chi connectivity index (χ0) is 7.72. The van der Waals surface area contributed by atoms with E-state index in [1.807, 2.05) is 6.92 Å². The first-order chi connectivity index (χ1) is 4.63. The highest BCUT2D eigenvalue weighted by atomic mass is 16.5. The minimum absolute atomic E-state index is 0.0312. The molecule has 10 heavy (non-hydrogen) atoms. The maximum absolute atomic E-state index is 11.0. The van der Waals surface area contributed by atoms with Crippen LogP contribution in [0.3, 0.4) is 0 Å². The molecule has 1 aliphatic heterocycles. The summed E-state index contributed by atoms with van der Waals surface area (Å²) in [5.74, 6) is 0.528. The van der Waals surface area contributed by atoms with Gasteiger partial charge in [0.25, 0.3) is 0 Å². The van der Waals surface area contributed by atoms with Crippen LogP contribution in [0.1, 0.15) is 20.3 Å². The highest BCUT2D eigenvalue weighted by molar-refractivity contribution is 5.11. The van der Waals surface area contributed by atoms with Gasteiger partial charge in [-0.15, -0.1) is 0 Å². The Hall–Kier alpha value is -0.340. The van der Waals surface area contributed by atoms with Crippen molar-refractivity contribution in [1.29, 1.82) is 0 Å². The first kappa shape index (κ1) is 7.76.